The fourth-order valence-corrected chi connectivity index (χ4v) is 1.52. The molecule has 0 bridgehead atoms. The minimum Gasteiger partial charge on any atom is -0.377 e. The number of likely N-dealkylation sites (N-methyl/N-ethyl adjacent to an activating group) is 1. The summed E-state index contributed by atoms with van der Waals surface area (Å²) in [4.78, 5) is 6.41. The van der Waals surface area contributed by atoms with E-state index in [9.17, 15) is 0 Å². The average Bonchev–Trinajstić information content (AvgIpc) is 2.16. The van der Waals surface area contributed by atoms with Crippen molar-refractivity contribution in [3.63, 3.8) is 0 Å². The Kier molecular flexibility index (Phi) is 5.74. The summed E-state index contributed by atoms with van der Waals surface area (Å²) in [6, 6.07) is 5.68. The molecular formula is C12H19ClN2O. The Hall–Kier alpha value is -0.640. The third-order valence-electron chi connectivity index (χ3n) is 2.13. The number of hydrogen-bond donors (Lipinski definition) is 0. The highest BCUT2D eigenvalue weighted by Gasteiger charge is 2.02. The molecular weight excluding hydrogens is 224 g/mol. The van der Waals surface area contributed by atoms with E-state index in [1.807, 2.05) is 33.0 Å². The van der Waals surface area contributed by atoms with Crippen molar-refractivity contribution in [2.45, 2.75) is 26.5 Å². The Morgan fingerprint density at radius 1 is 1.44 bits per heavy atom. The van der Waals surface area contributed by atoms with Gasteiger partial charge < -0.3 is 4.74 Å². The molecule has 0 saturated carbocycles. The Morgan fingerprint density at radius 2 is 2.19 bits per heavy atom. The van der Waals surface area contributed by atoms with Gasteiger partial charge in [0.15, 0.2) is 0 Å². The number of pyridine rings is 1. The Bertz CT molecular complexity index is 318. The van der Waals surface area contributed by atoms with E-state index in [4.69, 9.17) is 16.3 Å². The molecule has 0 fully saturated rings. The molecule has 4 heteroatoms. The molecule has 0 saturated heterocycles. The summed E-state index contributed by atoms with van der Waals surface area (Å²) in [6.45, 7) is 6.51. The number of hydrogen-bond acceptors (Lipinski definition) is 3. The van der Waals surface area contributed by atoms with Crippen molar-refractivity contribution in [3.8, 4) is 0 Å². The van der Waals surface area contributed by atoms with E-state index in [0.29, 0.717) is 5.15 Å². The largest absolute Gasteiger partial charge is 0.377 e. The van der Waals surface area contributed by atoms with E-state index in [1.54, 1.807) is 6.07 Å². The van der Waals surface area contributed by atoms with Crippen LogP contribution in [-0.2, 0) is 11.3 Å². The fraction of sp³-hybridized carbons (Fsp3) is 0.583. The molecule has 0 unspecified atom stereocenters. The van der Waals surface area contributed by atoms with Gasteiger partial charge in [0.2, 0.25) is 0 Å². The van der Waals surface area contributed by atoms with Crippen molar-refractivity contribution in [1.82, 2.24) is 9.88 Å². The molecule has 16 heavy (non-hydrogen) atoms. The number of aromatic nitrogens is 1. The van der Waals surface area contributed by atoms with E-state index in [-0.39, 0.29) is 6.10 Å². The summed E-state index contributed by atoms with van der Waals surface area (Å²) in [7, 11) is 2.05. The second-order valence-corrected chi connectivity index (χ2v) is 4.50. The molecule has 0 spiro atoms. The first kappa shape index (κ1) is 13.4. The lowest BCUT2D eigenvalue weighted by molar-refractivity contribution is 0.0625. The van der Waals surface area contributed by atoms with Gasteiger partial charge in [-0.1, -0.05) is 17.7 Å². The average molecular weight is 243 g/mol. The van der Waals surface area contributed by atoms with Gasteiger partial charge in [-0.3, -0.25) is 4.90 Å². The van der Waals surface area contributed by atoms with Crippen molar-refractivity contribution < 1.29 is 4.74 Å². The predicted molar refractivity (Wildman–Crippen MR) is 66.7 cm³/mol. The number of rotatable bonds is 6. The highest BCUT2D eigenvalue weighted by atomic mass is 35.5. The topological polar surface area (TPSA) is 25.4 Å². The number of ether oxygens (including phenoxy) is 1. The summed E-state index contributed by atoms with van der Waals surface area (Å²) in [5.41, 5.74) is 0.986. The molecule has 3 nitrogen and oxygen atoms in total. The second kappa shape index (κ2) is 6.84. The van der Waals surface area contributed by atoms with Crippen molar-refractivity contribution in [3.05, 3.63) is 29.0 Å². The van der Waals surface area contributed by atoms with Crippen LogP contribution in [0.25, 0.3) is 0 Å². The predicted octanol–water partition coefficient (Wildman–Crippen LogP) is 2.59. The van der Waals surface area contributed by atoms with Crippen LogP contribution in [-0.4, -0.2) is 36.2 Å². The highest BCUT2D eigenvalue weighted by Crippen LogP contribution is 2.06. The quantitative estimate of drug-likeness (QED) is 0.717. The van der Waals surface area contributed by atoms with Gasteiger partial charge >= 0.3 is 0 Å². The van der Waals surface area contributed by atoms with Gasteiger partial charge in [0, 0.05) is 13.1 Å². The molecule has 0 amide bonds. The molecule has 0 radical (unpaired) electrons. The molecule has 0 atom stereocenters. The third kappa shape index (κ3) is 5.45. The van der Waals surface area contributed by atoms with Gasteiger partial charge in [0.05, 0.1) is 18.4 Å². The first-order chi connectivity index (χ1) is 7.58. The molecule has 1 rings (SSSR count). The maximum atomic E-state index is 5.82. The molecule has 0 aliphatic heterocycles. The highest BCUT2D eigenvalue weighted by molar-refractivity contribution is 6.29. The summed E-state index contributed by atoms with van der Waals surface area (Å²) in [6.07, 6.45) is 0.290. The minimum atomic E-state index is 0.290. The van der Waals surface area contributed by atoms with Gasteiger partial charge in [-0.05, 0) is 33.0 Å². The van der Waals surface area contributed by atoms with E-state index in [1.165, 1.54) is 0 Å². The molecule has 0 aliphatic carbocycles. The number of nitrogens with zero attached hydrogens (tertiary/aromatic N) is 2. The first-order valence-corrected chi connectivity index (χ1v) is 5.87. The lowest BCUT2D eigenvalue weighted by atomic mass is 10.3. The standard InChI is InChI=1S/C12H19ClN2O/c1-10(2)16-8-7-15(3)9-11-5-4-6-12(13)14-11/h4-6,10H,7-9H2,1-3H3. The Morgan fingerprint density at radius 3 is 2.81 bits per heavy atom. The molecule has 90 valence electrons. The molecule has 0 aliphatic rings. The Balaban J connectivity index is 2.31. The van der Waals surface area contributed by atoms with Crippen LogP contribution in [0.15, 0.2) is 18.2 Å². The lowest BCUT2D eigenvalue weighted by Gasteiger charge is -2.17. The lowest BCUT2D eigenvalue weighted by Crippen LogP contribution is -2.24. The molecule has 1 aromatic heterocycles. The van der Waals surface area contributed by atoms with Crippen molar-refractivity contribution in [2.24, 2.45) is 0 Å². The minimum absolute atomic E-state index is 0.290. The normalized spacial score (nSPS) is 11.4. The summed E-state index contributed by atoms with van der Waals surface area (Å²) in [5.74, 6) is 0. The van der Waals surface area contributed by atoms with Crippen LogP contribution in [0.2, 0.25) is 5.15 Å². The van der Waals surface area contributed by atoms with Gasteiger partial charge in [-0.2, -0.15) is 0 Å². The van der Waals surface area contributed by atoms with Crippen LogP contribution in [0, 0.1) is 0 Å². The maximum Gasteiger partial charge on any atom is 0.129 e. The van der Waals surface area contributed by atoms with Gasteiger partial charge in [0.25, 0.3) is 0 Å². The third-order valence-corrected chi connectivity index (χ3v) is 2.34. The van der Waals surface area contributed by atoms with E-state index in [0.717, 1.165) is 25.4 Å². The van der Waals surface area contributed by atoms with Crippen LogP contribution in [0.5, 0.6) is 0 Å². The van der Waals surface area contributed by atoms with Crippen molar-refractivity contribution >= 4 is 11.6 Å². The van der Waals surface area contributed by atoms with Gasteiger partial charge in [0.1, 0.15) is 5.15 Å². The molecule has 1 heterocycles. The van der Waals surface area contributed by atoms with Crippen molar-refractivity contribution in [2.75, 3.05) is 20.2 Å². The summed E-state index contributed by atoms with van der Waals surface area (Å²) in [5, 5.41) is 0.546. The number of halogens is 1. The van der Waals surface area contributed by atoms with Crippen LogP contribution in [0.1, 0.15) is 19.5 Å². The Labute approximate surface area is 102 Å². The van der Waals surface area contributed by atoms with Gasteiger partial charge in [-0.25, -0.2) is 4.98 Å². The van der Waals surface area contributed by atoms with E-state index >= 15 is 0 Å². The molecule has 0 aromatic carbocycles. The van der Waals surface area contributed by atoms with E-state index < -0.39 is 0 Å². The van der Waals surface area contributed by atoms with Crippen LogP contribution < -0.4 is 0 Å². The zero-order valence-corrected chi connectivity index (χ0v) is 10.9. The zero-order valence-electron chi connectivity index (χ0n) is 10.1. The summed E-state index contributed by atoms with van der Waals surface area (Å²) >= 11 is 5.82. The molecule has 1 aromatic rings. The maximum absolute atomic E-state index is 5.82. The van der Waals surface area contributed by atoms with Crippen LogP contribution >= 0.6 is 11.6 Å². The SMILES string of the molecule is CC(C)OCCN(C)Cc1cccc(Cl)n1. The second-order valence-electron chi connectivity index (χ2n) is 4.11. The van der Waals surface area contributed by atoms with E-state index in [2.05, 4.69) is 9.88 Å². The van der Waals surface area contributed by atoms with Crippen LogP contribution in [0.3, 0.4) is 0 Å². The summed E-state index contributed by atoms with van der Waals surface area (Å²) < 4.78 is 5.49. The molecule has 0 N–H and O–H groups in total. The zero-order chi connectivity index (χ0) is 12.0. The smallest absolute Gasteiger partial charge is 0.129 e. The van der Waals surface area contributed by atoms with Crippen LogP contribution in [0.4, 0.5) is 0 Å². The monoisotopic (exact) mass is 242 g/mol. The fourth-order valence-electron chi connectivity index (χ4n) is 1.34. The van der Waals surface area contributed by atoms with Gasteiger partial charge in [-0.15, -0.1) is 0 Å². The first-order valence-electron chi connectivity index (χ1n) is 5.49. The van der Waals surface area contributed by atoms with Crippen molar-refractivity contribution in [1.29, 1.82) is 0 Å².